The molecule has 0 atom stereocenters. The van der Waals surface area contributed by atoms with Gasteiger partial charge < -0.3 is 4.74 Å². The first kappa shape index (κ1) is 7.44. The van der Waals surface area contributed by atoms with Gasteiger partial charge in [-0.15, -0.1) is 0 Å². The molecular weight excluding hydrogens is 227 g/mol. The molecule has 1 nitrogen and oxygen atoms in total. The van der Waals surface area contributed by atoms with E-state index < -0.39 is 0 Å². The van der Waals surface area contributed by atoms with Gasteiger partial charge in [0.15, 0.2) is 0 Å². The maximum atomic E-state index is 6.01. The van der Waals surface area contributed by atoms with Gasteiger partial charge in [0.25, 0.3) is 0 Å². The summed E-state index contributed by atoms with van der Waals surface area (Å²) in [6, 6.07) is 3.85. The first-order valence-corrected chi connectivity index (χ1v) is 4.56. The van der Waals surface area contributed by atoms with E-state index in [2.05, 4.69) is 15.9 Å². The fraction of sp³-hybridized carbons (Fsp3) is 0.250. The van der Waals surface area contributed by atoms with Crippen molar-refractivity contribution in [1.82, 2.24) is 0 Å². The second-order valence-corrected chi connectivity index (χ2v) is 3.67. The first-order valence-electron chi connectivity index (χ1n) is 3.39. The molecule has 0 radical (unpaired) electrons. The second-order valence-electron chi connectivity index (χ2n) is 2.44. The van der Waals surface area contributed by atoms with Crippen molar-refractivity contribution in [3.05, 3.63) is 27.2 Å². The molecule has 1 heterocycles. The predicted octanol–water partition coefficient (Wildman–Crippen LogP) is 3.04. The van der Waals surface area contributed by atoms with Gasteiger partial charge in [-0.1, -0.05) is 11.6 Å². The van der Waals surface area contributed by atoms with E-state index in [9.17, 15) is 0 Å². The summed E-state index contributed by atoms with van der Waals surface area (Å²) in [4.78, 5) is 0. The normalized spacial score (nSPS) is 14.4. The number of hydrogen-bond acceptors (Lipinski definition) is 1. The third kappa shape index (κ3) is 1.14. The van der Waals surface area contributed by atoms with E-state index in [-0.39, 0.29) is 0 Å². The first-order chi connectivity index (χ1) is 5.29. The Morgan fingerprint density at radius 2 is 2.27 bits per heavy atom. The molecule has 0 saturated carbocycles. The lowest BCUT2D eigenvalue weighted by Gasteiger charge is -2.01. The number of hydrogen-bond donors (Lipinski definition) is 0. The molecule has 0 spiro atoms. The smallest absolute Gasteiger partial charge is 0.124 e. The van der Waals surface area contributed by atoms with E-state index in [1.165, 1.54) is 0 Å². The van der Waals surface area contributed by atoms with Crippen molar-refractivity contribution in [2.24, 2.45) is 0 Å². The van der Waals surface area contributed by atoms with Crippen molar-refractivity contribution in [1.29, 1.82) is 0 Å². The van der Waals surface area contributed by atoms with Crippen molar-refractivity contribution in [3.63, 3.8) is 0 Å². The standard InChI is InChI=1S/C8H6BrClO/c9-6-1-2-7-5(8(6)10)3-4-11-7/h1-2H,3-4H2. The quantitative estimate of drug-likeness (QED) is 0.669. The number of halogens is 2. The summed E-state index contributed by atoms with van der Waals surface area (Å²) in [6.07, 6.45) is 0.924. The lowest BCUT2D eigenvalue weighted by Crippen LogP contribution is -1.85. The van der Waals surface area contributed by atoms with E-state index in [1.807, 2.05) is 12.1 Å². The molecule has 1 aromatic rings. The molecule has 0 aliphatic carbocycles. The zero-order valence-electron chi connectivity index (χ0n) is 5.73. The van der Waals surface area contributed by atoms with Crippen LogP contribution < -0.4 is 4.74 Å². The molecule has 11 heavy (non-hydrogen) atoms. The van der Waals surface area contributed by atoms with E-state index in [4.69, 9.17) is 16.3 Å². The molecule has 1 aromatic carbocycles. The highest BCUT2D eigenvalue weighted by Gasteiger charge is 2.16. The van der Waals surface area contributed by atoms with Crippen molar-refractivity contribution >= 4 is 27.5 Å². The number of ether oxygens (including phenoxy) is 1. The average molecular weight is 233 g/mol. The summed E-state index contributed by atoms with van der Waals surface area (Å²) >= 11 is 9.37. The molecule has 2 rings (SSSR count). The Morgan fingerprint density at radius 1 is 1.45 bits per heavy atom. The van der Waals surface area contributed by atoms with Crippen LogP contribution in [-0.4, -0.2) is 6.61 Å². The van der Waals surface area contributed by atoms with Crippen LogP contribution in [0.5, 0.6) is 5.75 Å². The van der Waals surface area contributed by atoms with E-state index in [1.54, 1.807) is 0 Å². The number of rotatable bonds is 0. The lowest BCUT2D eigenvalue weighted by molar-refractivity contribution is 0.357. The van der Waals surface area contributed by atoms with Crippen LogP contribution in [0, 0.1) is 0 Å². The van der Waals surface area contributed by atoms with Gasteiger partial charge in [0.2, 0.25) is 0 Å². The Balaban J connectivity index is 2.62. The SMILES string of the molecule is Clc1c(Br)ccc2c1CCO2. The minimum absolute atomic E-state index is 0.755. The summed E-state index contributed by atoms with van der Waals surface area (Å²) in [5.74, 6) is 0.929. The highest BCUT2D eigenvalue weighted by Crippen LogP contribution is 2.36. The van der Waals surface area contributed by atoms with Gasteiger partial charge in [0, 0.05) is 16.5 Å². The second kappa shape index (κ2) is 2.68. The Labute approximate surface area is 78.4 Å². The van der Waals surface area contributed by atoms with Gasteiger partial charge in [0.1, 0.15) is 5.75 Å². The van der Waals surface area contributed by atoms with Crippen LogP contribution in [0.3, 0.4) is 0 Å². The molecule has 0 bridgehead atoms. The van der Waals surface area contributed by atoms with Crippen LogP contribution in [-0.2, 0) is 6.42 Å². The van der Waals surface area contributed by atoms with Gasteiger partial charge in [-0.25, -0.2) is 0 Å². The Kier molecular flexibility index (Phi) is 1.81. The minimum Gasteiger partial charge on any atom is -0.493 e. The summed E-state index contributed by atoms with van der Waals surface area (Å²) < 4.78 is 6.28. The molecule has 0 unspecified atom stereocenters. The monoisotopic (exact) mass is 232 g/mol. The predicted molar refractivity (Wildman–Crippen MR) is 48.4 cm³/mol. The Hall–Kier alpha value is -0.210. The van der Waals surface area contributed by atoms with Crippen molar-refractivity contribution < 1.29 is 4.74 Å². The molecule has 58 valence electrons. The summed E-state index contributed by atoms with van der Waals surface area (Å²) in [6.45, 7) is 0.755. The average Bonchev–Trinajstić information content (AvgIpc) is 2.45. The van der Waals surface area contributed by atoms with Gasteiger partial charge in [-0.05, 0) is 28.1 Å². The Morgan fingerprint density at radius 3 is 3.09 bits per heavy atom. The molecular formula is C8H6BrClO. The molecule has 1 aliphatic heterocycles. The maximum Gasteiger partial charge on any atom is 0.124 e. The van der Waals surface area contributed by atoms with Crippen LogP contribution in [0.4, 0.5) is 0 Å². The van der Waals surface area contributed by atoms with Crippen LogP contribution in [0.2, 0.25) is 5.02 Å². The summed E-state index contributed by atoms with van der Waals surface area (Å²) in [7, 11) is 0. The van der Waals surface area contributed by atoms with Crippen molar-refractivity contribution in [2.75, 3.05) is 6.61 Å². The summed E-state index contributed by atoms with van der Waals surface area (Å²) in [5.41, 5.74) is 1.13. The van der Waals surface area contributed by atoms with Crippen LogP contribution in [0.25, 0.3) is 0 Å². The van der Waals surface area contributed by atoms with E-state index in [0.717, 1.165) is 33.8 Å². The Bertz CT molecular complexity index is 298. The zero-order chi connectivity index (χ0) is 7.84. The van der Waals surface area contributed by atoms with E-state index >= 15 is 0 Å². The third-order valence-corrected chi connectivity index (χ3v) is 3.08. The van der Waals surface area contributed by atoms with Crippen LogP contribution in [0.1, 0.15) is 5.56 Å². The van der Waals surface area contributed by atoms with E-state index in [0.29, 0.717) is 0 Å². The third-order valence-electron chi connectivity index (χ3n) is 1.76. The topological polar surface area (TPSA) is 9.23 Å². The van der Waals surface area contributed by atoms with Crippen LogP contribution >= 0.6 is 27.5 Å². The van der Waals surface area contributed by atoms with Gasteiger partial charge in [0.05, 0.1) is 11.6 Å². The molecule has 0 N–H and O–H groups in total. The van der Waals surface area contributed by atoms with Gasteiger partial charge >= 0.3 is 0 Å². The van der Waals surface area contributed by atoms with Crippen molar-refractivity contribution in [2.45, 2.75) is 6.42 Å². The molecule has 0 amide bonds. The highest BCUT2D eigenvalue weighted by molar-refractivity contribution is 9.10. The largest absolute Gasteiger partial charge is 0.493 e. The van der Waals surface area contributed by atoms with Crippen LogP contribution in [0.15, 0.2) is 16.6 Å². The number of benzene rings is 1. The molecule has 1 aliphatic rings. The van der Waals surface area contributed by atoms with Gasteiger partial charge in [-0.3, -0.25) is 0 Å². The zero-order valence-corrected chi connectivity index (χ0v) is 8.08. The fourth-order valence-corrected chi connectivity index (χ4v) is 1.83. The maximum absolute atomic E-state index is 6.01. The molecule has 3 heteroatoms. The molecule has 0 saturated heterocycles. The lowest BCUT2D eigenvalue weighted by atomic mass is 10.2. The fourth-order valence-electron chi connectivity index (χ4n) is 1.21. The molecule has 0 fully saturated rings. The van der Waals surface area contributed by atoms with Gasteiger partial charge in [-0.2, -0.15) is 0 Å². The van der Waals surface area contributed by atoms with Crippen molar-refractivity contribution in [3.8, 4) is 5.75 Å². The summed E-state index contributed by atoms with van der Waals surface area (Å²) in [5, 5.41) is 0.792. The molecule has 0 aromatic heterocycles. The minimum atomic E-state index is 0.755. The number of fused-ring (bicyclic) bond motifs is 1. The highest BCUT2D eigenvalue weighted by atomic mass is 79.9.